The van der Waals surface area contributed by atoms with Crippen LogP contribution in [0.5, 0.6) is 0 Å². The normalized spacial score (nSPS) is 12.3. The van der Waals surface area contributed by atoms with Gasteiger partial charge in [0.15, 0.2) is 0 Å². The number of halogens is 1. The van der Waals surface area contributed by atoms with Crippen LogP contribution in [-0.4, -0.2) is 20.6 Å². The molecule has 0 amide bonds. The summed E-state index contributed by atoms with van der Waals surface area (Å²) in [7, 11) is 0. The molecule has 0 bridgehead atoms. The van der Waals surface area contributed by atoms with E-state index in [2.05, 4.69) is 20.9 Å². The number of imidazole rings is 1. The molecule has 0 aliphatic heterocycles. The van der Waals surface area contributed by atoms with Gasteiger partial charge < -0.3 is 15.4 Å². The Morgan fingerprint density at radius 2 is 2.32 bits per heavy atom. The van der Waals surface area contributed by atoms with E-state index in [-0.39, 0.29) is 12.5 Å². The van der Waals surface area contributed by atoms with Crippen molar-refractivity contribution >= 4 is 21.9 Å². The molecule has 1 atom stereocenters. The van der Waals surface area contributed by atoms with Crippen molar-refractivity contribution in [3.8, 4) is 5.69 Å². The number of aliphatic carboxylic acids is 1. The quantitative estimate of drug-likeness (QED) is 0.885. The smallest absolute Gasteiger partial charge is 0.303 e. The maximum atomic E-state index is 10.5. The molecule has 3 N–H and O–H groups in total. The van der Waals surface area contributed by atoms with Crippen molar-refractivity contribution < 1.29 is 9.90 Å². The predicted octanol–water partition coefficient (Wildman–Crippen LogP) is 2.50. The van der Waals surface area contributed by atoms with Crippen LogP contribution in [0.4, 0.5) is 0 Å². The monoisotopic (exact) mass is 323 g/mol. The van der Waals surface area contributed by atoms with Crippen LogP contribution < -0.4 is 5.73 Å². The molecule has 1 unspecified atom stereocenters. The van der Waals surface area contributed by atoms with Crippen molar-refractivity contribution in [1.29, 1.82) is 0 Å². The fourth-order valence-electron chi connectivity index (χ4n) is 1.81. The van der Waals surface area contributed by atoms with E-state index in [1.54, 1.807) is 12.5 Å². The molecule has 0 saturated carbocycles. The molecular weight excluding hydrogens is 310 g/mol. The van der Waals surface area contributed by atoms with Crippen LogP contribution in [0.25, 0.3) is 5.69 Å². The van der Waals surface area contributed by atoms with Gasteiger partial charge in [0.25, 0.3) is 0 Å². The van der Waals surface area contributed by atoms with Crippen LogP contribution in [0.1, 0.15) is 24.4 Å². The fourth-order valence-corrected chi connectivity index (χ4v) is 2.41. The number of benzene rings is 1. The maximum absolute atomic E-state index is 10.5. The molecule has 0 saturated heterocycles. The topological polar surface area (TPSA) is 81.1 Å². The van der Waals surface area contributed by atoms with Crippen LogP contribution in [0.3, 0.4) is 0 Å². The number of carboxylic acids is 1. The number of carboxylic acid groups (broad SMARTS) is 1. The largest absolute Gasteiger partial charge is 0.481 e. The molecule has 5 nitrogen and oxygen atoms in total. The molecule has 0 radical (unpaired) electrons. The third kappa shape index (κ3) is 3.42. The molecule has 0 aliphatic rings. The first-order chi connectivity index (χ1) is 9.08. The van der Waals surface area contributed by atoms with Gasteiger partial charge in [-0.1, -0.05) is 6.07 Å². The fraction of sp³-hybridized carbons (Fsp3) is 0.231. The predicted molar refractivity (Wildman–Crippen MR) is 75.1 cm³/mol. The van der Waals surface area contributed by atoms with Crippen molar-refractivity contribution in [3.05, 3.63) is 47.0 Å². The van der Waals surface area contributed by atoms with E-state index in [1.807, 2.05) is 29.0 Å². The zero-order valence-corrected chi connectivity index (χ0v) is 11.7. The van der Waals surface area contributed by atoms with Crippen molar-refractivity contribution in [2.75, 3.05) is 0 Å². The minimum atomic E-state index is -0.829. The lowest BCUT2D eigenvalue weighted by atomic mass is 10.0. The van der Waals surface area contributed by atoms with E-state index in [0.717, 1.165) is 15.7 Å². The van der Waals surface area contributed by atoms with E-state index in [0.29, 0.717) is 6.42 Å². The summed E-state index contributed by atoms with van der Waals surface area (Å²) in [5.74, 6) is -0.829. The molecule has 0 aliphatic carbocycles. The highest BCUT2D eigenvalue weighted by molar-refractivity contribution is 9.10. The van der Waals surface area contributed by atoms with Crippen LogP contribution in [0.2, 0.25) is 0 Å². The number of hydrogen-bond donors (Lipinski definition) is 2. The van der Waals surface area contributed by atoms with Crippen molar-refractivity contribution in [3.63, 3.8) is 0 Å². The zero-order chi connectivity index (χ0) is 13.8. The molecular formula is C13H14BrN3O2. The molecule has 2 aromatic rings. The highest BCUT2D eigenvalue weighted by atomic mass is 79.9. The Morgan fingerprint density at radius 1 is 1.53 bits per heavy atom. The first-order valence-corrected chi connectivity index (χ1v) is 6.62. The van der Waals surface area contributed by atoms with Gasteiger partial charge in [0.1, 0.15) is 0 Å². The lowest BCUT2D eigenvalue weighted by Gasteiger charge is -2.13. The number of rotatable bonds is 5. The number of aromatic nitrogens is 2. The van der Waals surface area contributed by atoms with Gasteiger partial charge in [-0.3, -0.25) is 4.79 Å². The number of nitrogens with zero attached hydrogens (tertiary/aromatic N) is 2. The Kier molecular flexibility index (Phi) is 4.34. The minimum Gasteiger partial charge on any atom is -0.481 e. The van der Waals surface area contributed by atoms with Crippen molar-refractivity contribution in [2.24, 2.45) is 5.73 Å². The van der Waals surface area contributed by atoms with E-state index in [9.17, 15) is 4.79 Å². The summed E-state index contributed by atoms with van der Waals surface area (Å²) < 4.78 is 2.78. The first kappa shape index (κ1) is 13.8. The average Bonchev–Trinajstić information content (AvgIpc) is 2.89. The lowest BCUT2D eigenvalue weighted by molar-refractivity contribution is -0.137. The third-order valence-corrected chi connectivity index (χ3v) is 3.49. The average molecular weight is 324 g/mol. The Hall–Kier alpha value is -1.66. The standard InChI is InChI=1S/C13H14BrN3O2/c14-10-7-9(11(15)2-4-13(18)19)1-3-12(10)17-6-5-16-8-17/h1,3,5-8,11H,2,4,15H2,(H,18,19). The van der Waals surface area contributed by atoms with Crippen LogP contribution in [-0.2, 0) is 4.79 Å². The third-order valence-electron chi connectivity index (χ3n) is 2.85. The summed E-state index contributed by atoms with van der Waals surface area (Å²) in [5, 5.41) is 8.66. The van der Waals surface area contributed by atoms with Crippen molar-refractivity contribution in [2.45, 2.75) is 18.9 Å². The highest BCUT2D eigenvalue weighted by Gasteiger charge is 2.11. The molecule has 0 fully saturated rings. The lowest BCUT2D eigenvalue weighted by Crippen LogP contribution is -2.12. The summed E-state index contributed by atoms with van der Waals surface area (Å²) in [6, 6.07) is 5.49. The second-order valence-corrected chi connectivity index (χ2v) is 5.07. The maximum Gasteiger partial charge on any atom is 0.303 e. The van der Waals surface area contributed by atoms with E-state index in [4.69, 9.17) is 10.8 Å². The summed E-state index contributed by atoms with van der Waals surface area (Å²) in [4.78, 5) is 14.5. The Labute approximate surface area is 119 Å². The number of nitrogens with two attached hydrogens (primary N) is 1. The molecule has 0 spiro atoms. The van der Waals surface area contributed by atoms with Gasteiger partial charge in [-0.2, -0.15) is 0 Å². The SMILES string of the molecule is NC(CCC(=O)O)c1ccc(-n2ccnc2)c(Br)c1. The molecule has 1 heterocycles. The summed E-state index contributed by atoms with van der Waals surface area (Å²) in [6.07, 6.45) is 5.77. The summed E-state index contributed by atoms with van der Waals surface area (Å²) in [5.41, 5.74) is 7.86. The van der Waals surface area contributed by atoms with Gasteiger partial charge in [0, 0.05) is 29.3 Å². The highest BCUT2D eigenvalue weighted by Crippen LogP contribution is 2.26. The second-order valence-electron chi connectivity index (χ2n) is 4.22. The first-order valence-electron chi connectivity index (χ1n) is 5.83. The number of carbonyl (C=O) groups is 1. The van der Waals surface area contributed by atoms with Crippen LogP contribution in [0, 0.1) is 0 Å². The number of hydrogen-bond acceptors (Lipinski definition) is 3. The van der Waals surface area contributed by atoms with Gasteiger partial charge in [0.05, 0.1) is 12.0 Å². The van der Waals surface area contributed by atoms with Gasteiger partial charge in [-0.25, -0.2) is 4.98 Å². The van der Waals surface area contributed by atoms with Gasteiger partial charge >= 0.3 is 5.97 Å². The van der Waals surface area contributed by atoms with E-state index in [1.165, 1.54) is 0 Å². The molecule has 6 heteroatoms. The second kappa shape index (κ2) is 5.99. The summed E-state index contributed by atoms with van der Waals surface area (Å²) >= 11 is 3.50. The Bertz CT molecular complexity index is 569. The van der Waals surface area contributed by atoms with E-state index >= 15 is 0 Å². The van der Waals surface area contributed by atoms with Crippen LogP contribution in [0.15, 0.2) is 41.4 Å². The summed E-state index contributed by atoms with van der Waals surface area (Å²) in [6.45, 7) is 0. The molecule has 1 aromatic carbocycles. The van der Waals surface area contributed by atoms with Gasteiger partial charge in [-0.05, 0) is 40.0 Å². The van der Waals surface area contributed by atoms with Crippen molar-refractivity contribution in [1.82, 2.24) is 9.55 Å². The molecule has 100 valence electrons. The molecule has 19 heavy (non-hydrogen) atoms. The van der Waals surface area contributed by atoms with Gasteiger partial charge in [-0.15, -0.1) is 0 Å². The molecule has 2 rings (SSSR count). The minimum absolute atomic E-state index is 0.0715. The molecule has 1 aromatic heterocycles. The van der Waals surface area contributed by atoms with E-state index < -0.39 is 5.97 Å². The van der Waals surface area contributed by atoms with Gasteiger partial charge in [0.2, 0.25) is 0 Å². The zero-order valence-electron chi connectivity index (χ0n) is 10.2. The Morgan fingerprint density at radius 3 is 2.89 bits per heavy atom. The van der Waals surface area contributed by atoms with Crippen LogP contribution >= 0.6 is 15.9 Å². The Balaban J connectivity index is 2.17.